The second kappa shape index (κ2) is 5.38. The fourth-order valence-corrected chi connectivity index (χ4v) is 3.02. The van der Waals surface area contributed by atoms with Gasteiger partial charge < -0.3 is 5.32 Å². The molecule has 1 aliphatic heterocycles. The maximum Gasteiger partial charge on any atom is 0.0406 e. The van der Waals surface area contributed by atoms with Crippen LogP contribution in [-0.2, 0) is 6.42 Å². The Morgan fingerprint density at radius 2 is 2.06 bits per heavy atom. The van der Waals surface area contributed by atoms with Crippen molar-refractivity contribution in [2.24, 2.45) is 0 Å². The number of likely N-dealkylation sites (tertiary alicyclic amines) is 1. The summed E-state index contributed by atoms with van der Waals surface area (Å²) in [5.41, 5.74) is 1.65. The molecule has 17 heavy (non-hydrogen) atoms. The van der Waals surface area contributed by atoms with Crippen LogP contribution in [0.25, 0.3) is 0 Å². The Hall–Kier alpha value is -0.570. The topological polar surface area (TPSA) is 15.3 Å². The Labute approximate surface area is 109 Å². The zero-order valence-electron chi connectivity index (χ0n) is 10.7. The molecule has 1 N–H and O–H groups in total. The van der Waals surface area contributed by atoms with E-state index in [2.05, 4.69) is 29.4 Å². The molecule has 0 aromatic heterocycles. The van der Waals surface area contributed by atoms with Gasteiger partial charge in [0.1, 0.15) is 0 Å². The van der Waals surface area contributed by atoms with E-state index >= 15 is 0 Å². The van der Waals surface area contributed by atoms with Crippen molar-refractivity contribution in [2.75, 3.05) is 27.2 Å². The molecule has 0 aliphatic carbocycles. The first-order valence-electron chi connectivity index (χ1n) is 6.27. The molecule has 1 aliphatic rings. The van der Waals surface area contributed by atoms with Crippen LogP contribution in [0, 0.1) is 0 Å². The summed E-state index contributed by atoms with van der Waals surface area (Å²) >= 11 is 5.93. The third kappa shape index (κ3) is 2.82. The normalized spacial score (nSPS) is 25.4. The van der Waals surface area contributed by atoms with Crippen molar-refractivity contribution in [1.82, 2.24) is 10.2 Å². The van der Waals surface area contributed by atoms with Gasteiger partial charge in [-0.05, 0) is 57.6 Å². The van der Waals surface area contributed by atoms with Crippen molar-refractivity contribution in [3.05, 3.63) is 34.9 Å². The summed E-state index contributed by atoms with van der Waals surface area (Å²) in [6.07, 6.45) is 3.67. The van der Waals surface area contributed by atoms with Gasteiger partial charge in [-0.2, -0.15) is 0 Å². The van der Waals surface area contributed by atoms with Crippen LogP contribution in [0.5, 0.6) is 0 Å². The molecule has 1 aromatic carbocycles. The second-order valence-electron chi connectivity index (χ2n) is 5.08. The molecule has 2 rings (SSSR count). The number of hydrogen-bond acceptors (Lipinski definition) is 2. The van der Waals surface area contributed by atoms with Gasteiger partial charge in [0.2, 0.25) is 0 Å². The smallest absolute Gasteiger partial charge is 0.0406 e. The van der Waals surface area contributed by atoms with E-state index in [0.717, 1.165) is 18.0 Å². The van der Waals surface area contributed by atoms with Crippen LogP contribution in [0.3, 0.4) is 0 Å². The molecule has 1 fully saturated rings. The van der Waals surface area contributed by atoms with Gasteiger partial charge in [-0.25, -0.2) is 0 Å². The lowest BCUT2D eigenvalue weighted by Crippen LogP contribution is -2.50. The number of benzene rings is 1. The van der Waals surface area contributed by atoms with Crippen molar-refractivity contribution >= 4 is 11.6 Å². The maximum atomic E-state index is 5.93. The van der Waals surface area contributed by atoms with Crippen molar-refractivity contribution in [2.45, 2.75) is 24.8 Å². The molecule has 0 radical (unpaired) electrons. The number of rotatable bonds is 4. The van der Waals surface area contributed by atoms with Gasteiger partial charge in [0.25, 0.3) is 0 Å². The van der Waals surface area contributed by atoms with Gasteiger partial charge >= 0.3 is 0 Å². The molecule has 94 valence electrons. The van der Waals surface area contributed by atoms with E-state index in [1.54, 1.807) is 0 Å². The molecule has 1 unspecified atom stereocenters. The molecule has 1 aromatic rings. The zero-order valence-corrected chi connectivity index (χ0v) is 11.4. The minimum atomic E-state index is 0.280. The second-order valence-corrected chi connectivity index (χ2v) is 5.52. The molecular weight excluding hydrogens is 232 g/mol. The van der Waals surface area contributed by atoms with Crippen molar-refractivity contribution < 1.29 is 0 Å². The number of halogens is 1. The Kier molecular flexibility index (Phi) is 4.08. The van der Waals surface area contributed by atoms with Gasteiger partial charge in [-0.1, -0.05) is 23.7 Å². The Bertz CT molecular complexity index is 363. The van der Waals surface area contributed by atoms with E-state index < -0.39 is 0 Å². The average Bonchev–Trinajstić information content (AvgIpc) is 2.65. The highest BCUT2D eigenvalue weighted by Crippen LogP contribution is 2.31. The monoisotopic (exact) mass is 252 g/mol. The molecule has 3 heteroatoms. The van der Waals surface area contributed by atoms with Crippen LogP contribution in [0.2, 0.25) is 5.02 Å². The Morgan fingerprint density at radius 1 is 1.35 bits per heavy atom. The summed E-state index contributed by atoms with van der Waals surface area (Å²) in [5, 5.41) is 4.16. The fourth-order valence-electron chi connectivity index (χ4n) is 2.89. The van der Waals surface area contributed by atoms with Crippen molar-refractivity contribution in [1.29, 1.82) is 0 Å². The molecule has 2 nitrogen and oxygen atoms in total. The predicted molar refractivity (Wildman–Crippen MR) is 73.7 cm³/mol. The Morgan fingerprint density at radius 3 is 2.59 bits per heavy atom. The van der Waals surface area contributed by atoms with Gasteiger partial charge in [0.05, 0.1) is 0 Å². The Balaban J connectivity index is 2.15. The average molecular weight is 253 g/mol. The van der Waals surface area contributed by atoms with Crippen LogP contribution < -0.4 is 5.32 Å². The van der Waals surface area contributed by atoms with Gasteiger partial charge in [-0.3, -0.25) is 4.90 Å². The lowest BCUT2D eigenvalue weighted by molar-refractivity contribution is 0.171. The highest BCUT2D eigenvalue weighted by atomic mass is 35.5. The fraction of sp³-hybridized carbons (Fsp3) is 0.571. The lowest BCUT2D eigenvalue weighted by Gasteiger charge is -2.36. The van der Waals surface area contributed by atoms with E-state index in [0.29, 0.717) is 0 Å². The highest BCUT2D eigenvalue weighted by Gasteiger charge is 2.37. The largest absolute Gasteiger partial charge is 0.318 e. The van der Waals surface area contributed by atoms with E-state index in [1.807, 2.05) is 19.2 Å². The number of likely N-dealkylation sites (N-methyl/N-ethyl adjacent to an activating group) is 2. The standard InChI is InChI=1S/C14H21ClN2/c1-16-11-14(8-3-9-17(14)2)10-12-4-6-13(15)7-5-12/h4-7,16H,3,8-11H2,1-2H3. The quantitative estimate of drug-likeness (QED) is 0.886. The van der Waals surface area contributed by atoms with Gasteiger partial charge in [-0.15, -0.1) is 0 Å². The van der Waals surface area contributed by atoms with Crippen molar-refractivity contribution in [3.8, 4) is 0 Å². The molecule has 1 heterocycles. The first kappa shape index (κ1) is 12.9. The van der Waals surface area contributed by atoms with Crippen LogP contribution in [0.1, 0.15) is 18.4 Å². The number of nitrogens with zero attached hydrogens (tertiary/aromatic N) is 1. The number of nitrogens with one attached hydrogen (secondary N) is 1. The molecule has 0 amide bonds. The van der Waals surface area contributed by atoms with E-state index in [4.69, 9.17) is 11.6 Å². The lowest BCUT2D eigenvalue weighted by atomic mass is 9.88. The van der Waals surface area contributed by atoms with Gasteiger partial charge in [0, 0.05) is 17.1 Å². The molecular formula is C14H21ClN2. The van der Waals surface area contributed by atoms with Crippen LogP contribution in [-0.4, -0.2) is 37.6 Å². The SMILES string of the molecule is CNCC1(Cc2ccc(Cl)cc2)CCCN1C. The molecule has 1 saturated heterocycles. The molecule has 0 bridgehead atoms. The molecule has 0 spiro atoms. The molecule has 1 atom stereocenters. The highest BCUT2D eigenvalue weighted by molar-refractivity contribution is 6.30. The van der Waals surface area contributed by atoms with Crippen LogP contribution in [0.4, 0.5) is 0 Å². The molecule has 0 saturated carbocycles. The summed E-state index contributed by atoms with van der Waals surface area (Å²) in [5.74, 6) is 0. The van der Waals surface area contributed by atoms with E-state index in [-0.39, 0.29) is 5.54 Å². The summed E-state index contributed by atoms with van der Waals surface area (Å²) in [6.45, 7) is 2.25. The van der Waals surface area contributed by atoms with E-state index in [1.165, 1.54) is 24.9 Å². The predicted octanol–water partition coefficient (Wildman–Crippen LogP) is 2.57. The first-order chi connectivity index (χ1) is 8.16. The third-order valence-corrected chi connectivity index (χ3v) is 4.15. The number of hydrogen-bond donors (Lipinski definition) is 1. The summed E-state index contributed by atoms with van der Waals surface area (Å²) in [4.78, 5) is 2.50. The summed E-state index contributed by atoms with van der Waals surface area (Å²) < 4.78 is 0. The van der Waals surface area contributed by atoms with Crippen LogP contribution >= 0.6 is 11.6 Å². The van der Waals surface area contributed by atoms with Gasteiger partial charge in [0.15, 0.2) is 0 Å². The minimum Gasteiger partial charge on any atom is -0.318 e. The third-order valence-electron chi connectivity index (χ3n) is 3.90. The summed E-state index contributed by atoms with van der Waals surface area (Å²) in [7, 11) is 4.27. The van der Waals surface area contributed by atoms with Crippen LogP contribution in [0.15, 0.2) is 24.3 Å². The first-order valence-corrected chi connectivity index (χ1v) is 6.64. The van der Waals surface area contributed by atoms with Crippen molar-refractivity contribution in [3.63, 3.8) is 0 Å². The zero-order chi connectivity index (χ0) is 12.3. The summed E-state index contributed by atoms with van der Waals surface area (Å²) in [6, 6.07) is 8.26. The van der Waals surface area contributed by atoms with E-state index in [9.17, 15) is 0 Å². The maximum absolute atomic E-state index is 5.93. The minimum absolute atomic E-state index is 0.280.